The van der Waals surface area contributed by atoms with Gasteiger partial charge in [-0.05, 0) is 39.4 Å². The second kappa shape index (κ2) is 2.67. The van der Waals surface area contributed by atoms with Gasteiger partial charge in [0.05, 0.1) is 0 Å². The van der Waals surface area contributed by atoms with Crippen LogP contribution in [0.2, 0.25) is 0 Å². The van der Waals surface area contributed by atoms with Crippen molar-refractivity contribution in [2.45, 2.75) is 18.9 Å². The monoisotopic (exact) mass is 128 g/mol. The molecule has 0 aromatic rings. The van der Waals surface area contributed by atoms with Crippen LogP contribution in [0, 0.1) is 5.92 Å². The van der Waals surface area contributed by atoms with Crippen LogP contribution in [-0.2, 0) is 0 Å². The predicted octanol–water partition coefficient (Wildman–Crippen LogP) is 0.285. The smallest absolute Gasteiger partial charge is 0.00714 e. The van der Waals surface area contributed by atoms with Crippen molar-refractivity contribution in [2.24, 2.45) is 11.7 Å². The molecule has 0 bridgehead atoms. The Labute approximate surface area is 57.0 Å². The number of hydrogen-bond donors (Lipinski definition) is 1. The van der Waals surface area contributed by atoms with Gasteiger partial charge in [-0.2, -0.15) is 0 Å². The van der Waals surface area contributed by atoms with Crippen LogP contribution < -0.4 is 5.73 Å². The third-order valence-corrected chi connectivity index (χ3v) is 1.92. The lowest BCUT2D eigenvalue weighted by Gasteiger charge is -2.07. The van der Waals surface area contributed by atoms with E-state index in [4.69, 9.17) is 5.73 Å². The Morgan fingerprint density at radius 2 is 2.11 bits per heavy atom. The summed E-state index contributed by atoms with van der Waals surface area (Å²) in [4.78, 5) is 2.21. The predicted molar refractivity (Wildman–Crippen MR) is 39.3 cm³/mol. The summed E-state index contributed by atoms with van der Waals surface area (Å²) < 4.78 is 0. The van der Waals surface area contributed by atoms with E-state index in [-0.39, 0.29) is 0 Å². The second-order valence-electron chi connectivity index (χ2n) is 3.25. The van der Waals surface area contributed by atoms with Gasteiger partial charge in [0.2, 0.25) is 0 Å². The van der Waals surface area contributed by atoms with Gasteiger partial charge < -0.3 is 10.6 Å². The highest BCUT2D eigenvalue weighted by molar-refractivity contribution is 4.89. The molecule has 0 amide bonds. The normalized spacial score (nSPS) is 33.3. The van der Waals surface area contributed by atoms with Crippen LogP contribution in [0.4, 0.5) is 0 Å². The molecule has 1 rings (SSSR count). The zero-order chi connectivity index (χ0) is 6.85. The van der Waals surface area contributed by atoms with Crippen molar-refractivity contribution in [1.29, 1.82) is 0 Å². The highest BCUT2D eigenvalue weighted by Crippen LogP contribution is 2.30. The molecule has 0 unspecified atom stereocenters. The fourth-order valence-corrected chi connectivity index (χ4v) is 1.03. The lowest BCUT2D eigenvalue weighted by Crippen LogP contribution is -2.14. The number of nitrogens with two attached hydrogens (primary N) is 1. The summed E-state index contributed by atoms with van der Waals surface area (Å²) in [5.41, 5.74) is 5.63. The fraction of sp³-hybridized carbons (Fsp3) is 1.00. The molecule has 0 aromatic heterocycles. The molecule has 1 fully saturated rings. The first kappa shape index (κ1) is 7.03. The van der Waals surface area contributed by atoms with Crippen molar-refractivity contribution >= 4 is 0 Å². The molecule has 54 valence electrons. The number of hydrogen-bond acceptors (Lipinski definition) is 2. The molecule has 0 radical (unpaired) electrons. The zero-order valence-electron chi connectivity index (χ0n) is 6.30. The summed E-state index contributed by atoms with van der Waals surface area (Å²) in [5, 5.41) is 0. The molecular formula is C7H16N2. The van der Waals surface area contributed by atoms with Crippen molar-refractivity contribution in [3.63, 3.8) is 0 Å². The highest BCUT2D eigenvalue weighted by atomic mass is 15.0. The van der Waals surface area contributed by atoms with Crippen molar-refractivity contribution in [1.82, 2.24) is 4.90 Å². The summed E-state index contributed by atoms with van der Waals surface area (Å²) in [6, 6.07) is 0.532. The number of rotatable bonds is 3. The molecule has 0 saturated heterocycles. The van der Waals surface area contributed by atoms with Crippen LogP contribution >= 0.6 is 0 Å². The molecule has 2 atom stereocenters. The molecule has 1 aliphatic rings. The Morgan fingerprint density at radius 3 is 2.44 bits per heavy atom. The average molecular weight is 128 g/mol. The molecule has 0 aliphatic heterocycles. The molecule has 0 heterocycles. The van der Waals surface area contributed by atoms with Crippen LogP contribution in [0.15, 0.2) is 0 Å². The van der Waals surface area contributed by atoms with Gasteiger partial charge in [-0.3, -0.25) is 0 Å². The van der Waals surface area contributed by atoms with Crippen LogP contribution in [0.5, 0.6) is 0 Å². The summed E-state index contributed by atoms with van der Waals surface area (Å²) in [7, 11) is 4.21. The second-order valence-corrected chi connectivity index (χ2v) is 3.25. The molecule has 1 aliphatic carbocycles. The van der Waals surface area contributed by atoms with Crippen LogP contribution in [-0.4, -0.2) is 31.6 Å². The van der Waals surface area contributed by atoms with E-state index in [1.54, 1.807) is 0 Å². The molecule has 0 spiro atoms. The van der Waals surface area contributed by atoms with E-state index >= 15 is 0 Å². The van der Waals surface area contributed by atoms with Crippen molar-refractivity contribution in [3.05, 3.63) is 0 Å². The van der Waals surface area contributed by atoms with E-state index in [0.717, 1.165) is 5.92 Å². The molecule has 1 saturated carbocycles. The standard InChI is InChI=1S/C7H16N2/c1-9(2)4-3-6-5-7(6)8/h6-7H,3-5,8H2,1-2H3/t6-,7-/m1/s1. The summed E-state index contributed by atoms with van der Waals surface area (Å²) in [6.45, 7) is 1.19. The van der Waals surface area contributed by atoms with E-state index in [1.165, 1.54) is 19.4 Å². The largest absolute Gasteiger partial charge is 0.327 e. The summed E-state index contributed by atoms with van der Waals surface area (Å²) in [5.74, 6) is 0.840. The maximum absolute atomic E-state index is 5.63. The van der Waals surface area contributed by atoms with E-state index in [2.05, 4.69) is 19.0 Å². The molecule has 2 nitrogen and oxygen atoms in total. The van der Waals surface area contributed by atoms with Gasteiger partial charge in [-0.1, -0.05) is 0 Å². The van der Waals surface area contributed by atoms with Gasteiger partial charge in [0.15, 0.2) is 0 Å². The minimum absolute atomic E-state index is 0.532. The summed E-state index contributed by atoms with van der Waals surface area (Å²) >= 11 is 0. The lowest BCUT2D eigenvalue weighted by atomic mass is 10.3. The minimum Gasteiger partial charge on any atom is -0.327 e. The van der Waals surface area contributed by atoms with Gasteiger partial charge in [-0.25, -0.2) is 0 Å². The van der Waals surface area contributed by atoms with Crippen LogP contribution in [0.3, 0.4) is 0 Å². The maximum Gasteiger partial charge on any atom is 0.00714 e. The molecule has 2 heteroatoms. The molecule has 9 heavy (non-hydrogen) atoms. The van der Waals surface area contributed by atoms with Gasteiger partial charge >= 0.3 is 0 Å². The SMILES string of the molecule is CN(C)CC[C@@H]1C[C@H]1N. The van der Waals surface area contributed by atoms with Gasteiger partial charge in [0.25, 0.3) is 0 Å². The summed E-state index contributed by atoms with van der Waals surface area (Å²) in [6.07, 6.45) is 2.54. The van der Waals surface area contributed by atoms with Crippen LogP contribution in [0.1, 0.15) is 12.8 Å². The van der Waals surface area contributed by atoms with E-state index < -0.39 is 0 Å². The van der Waals surface area contributed by atoms with Gasteiger partial charge in [0.1, 0.15) is 0 Å². The van der Waals surface area contributed by atoms with Gasteiger partial charge in [-0.15, -0.1) is 0 Å². The van der Waals surface area contributed by atoms with E-state index in [0.29, 0.717) is 6.04 Å². The van der Waals surface area contributed by atoms with Gasteiger partial charge in [0, 0.05) is 6.04 Å². The quantitative estimate of drug-likeness (QED) is 0.591. The first-order valence-corrected chi connectivity index (χ1v) is 3.60. The molecule has 0 aromatic carbocycles. The average Bonchev–Trinajstić information content (AvgIpc) is 2.42. The third kappa shape index (κ3) is 2.33. The number of nitrogens with zero attached hydrogens (tertiary/aromatic N) is 1. The van der Waals surface area contributed by atoms with E-state index in [1.807, 2.05) is 0 Å². The zero-order valence-corrected chi connectivity index (χ0v) is 6.30. The van der Waals surface area contributed by atoms with Crippen molar-refractivity contribution in [2.75, 3.05) is 20.6 Å². The molecular weight excluding hydrogens is 112 g/mol. The Kier molecular flexibility index (Phi) is 2.09. The lowest BCUT2D eigenvalue weighted by molar-refractivity contribution is 0.387. The topological polar surface area (TPSA) is 29.3 Å². The minimum atomic E-state index is 0.532. The Balaban J connectivity index is 1.94. The van der Waals surface area contributed by atoms with E-state index in [9.17, 15) is 0 Å². The molecule has 2 N–H and O–H groups in total. The van der Waals surface area contributed by atoms with Crippen molar-refractivity contribution in [3.8, 4) is 0 Å². The maximum atomic E-state index is 5.63. The highest BCUT2D eigenvalue weighted by Gasteiger charge is 2.32. The first-order valence-electron chi connectivity index (χ1n) is 3.60. The Morgan fingerprint density at radius 1 is 1.56 bits per heavy atom. The Bertz CT molecular complexity index is 90.9. The van der Waals surface area contributed by atoms with Crippen molar-refractivity contribution < 1.29 is 0 Å². The third-order valence-electron chi connectivity index (χ3n) is 1.92. The Hall–Kier alpha value is -0.0800. The first-order chi connectivity index (χ1) is 4.20. The fourth-order valence-electron chi connectivity index (χ4n) is 1.03. The van der Waals surface area contributed by atoms with Crippen LogP contribution in [0.25, 0.3) is 0 Å².